The number of halogens is 1. The number of carbonyl (C=O) groups is 1. The molecule has 3 nitrogen and oxygen atoms in total. The molecule has 1 aliphatic carbocycles. The van der Waals surface area contributed by atoms with E-state index < -0.39 is 11.8 Å². The summed E-state index contributed by atoms with van der Waals surface area (Å²) in [5.41, 5.74) is 0.379. The van der Waals surface area contributed by atoms with Gasteiger partial charge in [-0.15, -0.1) is 0 Å². The number of carboxylic acids is 1. The number of nitrogens with one attached hydrogen (secondary N) is 1. The highest BCUT2D eigenvalue weighted by Gasteiger charge is 2.25. The molecular formula is C15H20FNO2. The molecule has 3 unspecified atom stereocenters. The van der Waals surface area contributed by atoms with Crippen LogP contribution in [0.25, 0.3) is 0 Å². The predicted molar refractivity (Wildman–Crippen MR) is 72.9 cm³/mol. The lowest BCUT2D eigenvalue weighted by Crippen LogP contribution is -2.33. The summed E-state index contributed by atoms with van der Waals surface area (Å²) < 4.78 is 13.8. The topological polar surface area (TPSA) is 49.3 Å². The SMILES string of the molecule is CC1CCC(Nc2ccc(C(=O)O)cc2F)C(C)C1. The number of aromatic carboxylic acids is 1. The third kappa shape index (κ3) is 3.25. The van der Waals surface area contributed by atoms with E-state index in [1.54, 1.807) is 0 Å². The highest BCUT2D eigenvalue weighted by molar-refractivity contribution is 5.88. The lowest BCUT2D eigenvalue weighted by atomic mass is 9.80. The van der Waals surface area contributed by atoms with Crippen molar-refractivity contribution in [3.63, 3.8) is 0 Å². The third-order valence-electron chi connectivity index (χ3n) is 3.99. The zero-order chi connectivity index (χ0) is 14.0. The lowest BCUT2D eigenvalue weighted by Gasteiger charge is -2.33. The minimum absolute atomic E-state index is 0.0200. The summed E-state index contributed by atoms with van der Waals surface area (Å²) in [4.78, 5) is 10.8. The van der Waals surface area contributed by atoms with Gasteiger partial charge in [-0.05, 0) is 49.3 Å². The van der Waals surface area contributed by atoms with Crippen molar-refractivity contribution < 1.29 is 14.3 Å². The summed E-state index contributed by atoms with van der Waals surface area (Å²) in [5.74, 6) is -0.370. The fourth-order valence-electron chi connectivity index (χ4n) is 2.84. The molecule has 0 aromatic heterocycles. The smallest absolute Gasteiger partial charge is 0.335 e. The molecule has 1 aromatic carbocycles. The lowest BCUT2D eigenvalue weighted by molar-refractivity contribution is 0.0696. The normalized spacial score (nSPS) is 27.0. The van der Waals surface area contributed by atoms with E-state index in [0.29, 0.717) is 11.6 Å². The number of carboxylic acid groups (broad SMARTS) is 1. The minimum atomic E-state index is -1.11. The Balaban J connectivity index is 2.09. The van der Waals surface area contributed by atoms with Crippen LogP contribution in [0, 0.1) is 17.7 Å². The van der Waals surface area contributed by atoms with Crippen molar-refractivity contribution >= 4 is 11.7 Å². The van der Waals surface area contributed by atoms with Crippen molar-refractivity contribution in [2.24, 2.45) is 11.8 Å². The fraction of sp³-hybridized carbons (Fsp3) is 0.533. The van der Waals surface area contributed by atoms with Crippen LogP contribution in [0.5, 0.6) is 0 Å². The molecule has 2 rings (SSSR count). The van der Waals surface area contributed by atoms with Gasteiger partial charge in [0.15, 0.2) is 0 Å². The van der Waals surface area contributed by atoms with E-state index in [4.69, 9.17) is 5.11 Å². The number of rotatable bonds is 3. The van der Waals surface area contributed by atoms with Crippen molar-refractivity contribution in [2.45, 2.75) is 39.2 Å². The van der Waals surface area contributed by atoms with Crippen LogP contribution in [0.2, 0.25) is 0 Å². The Morgan fingerprint density at radius 3 is 2.68 bits per heavy atom. The second kappa shape index (κ2) is 5.59. The van der Waals surface area contributed by atoms with E-state index >= 15 is 0 Å². The van der Waals surface area contributed by atoms with Gasteiger partial charge >= 0.3 is 5.97 Å². The molecule has 0 heterocycles. The zero-order valence-corrected chi connectivity index (χ0v) is 11.3. The first kappa shape index (κ1) is 13.8. The molecule has 0 amide bonds. The molecule has 0 saturated heterocycles. The summed E-state index contributed by atoms with van der Waals surface area (Å²) >= 11 is 0. The van der Waals surface area contributed by atoms with Gasteiger partial charge in [-0.25, -0.2) is 9.18 Å². The first-order valence-corrected chi connectivity index (χ1v) is 6.76. The van der Waals surface area contributed by atoms with Crippen LogP contribution < -0.4 is 5.32 Å². The van der Waals surface area contributed by atoms with E-state index in [9.17, 15) is 9.18 Å². The molecular weight excluding hydrogens is 245 g/mol. The van der Waals surface area contributed by atoms with Gasteiger partial charge in [-0.2, -0.15) is 0 Å². The van der Waals surface area contributed by atoms with Gasteiger partial charge in [0.2, 0.25) is 0 Å². The summed E-state index contributed by atoms with van der Waals surface area (Å²) in [5, 5.41) is 12.0. The Morgan fingerprint density at radius 1 is 1.37 bits per heavy atom. The minimum Gasteiger partial charge on any atom is -0.478 e. The molecule has 1 saturated carbocycles. The molecule has 104 valence electrons. The van der Waals surface area contributed by atoms with Crippen LogP contribution in [-0.4, -0.2) is 17.1 Å². The molecule has 4 heteroatoms. The summed E-state index contributed by atoms with van der Waals surface area (Å²) in [6.07, 6.45) is 3.33. The largest absolute Gasteiger partial charge is 0.478 e. The van der Waals surface area contributed by atoms with Crippen molar-refractivity contribution in [1.29, 1.82) is 0 Å². The molecule has 2 N–H and O–H groups in total. The van der Waals surface area contributed by atoms with Crippen LogP contribution in [0.1, 0.15) is 43.5 Å². The molecule has 1 aromatic rings. The second-order valence-corrected chi connectivity index (χ2v) is 5.65. The van der Waals surface area contributed by atoms with Gasteiger partial charge in [-0.3, -0.25) is 0 Å². The second-order valence-electron chi connectivity index (χ2n) is 5.65. The maximum Gasteiger partial charge on any atom is 0.335 e. The van der Waals surface area contributed by atoms with Gasteiger partial charge in [0.1, 0.15) is 5.82 Å². The quantitative estimate of drug-likeness (QED) is 0.874. The molecule has 0 spiro atoms. The van der Waals surface area contributed by atoms with Gasteiger partial charge in [-0.1, -0.05) is 13.8 Å². The standard InChI is InChI=1S/C15H20FNO2/c1-9-3-5-13(10(2)7-9)17-14-6-4-11(15(18)19)8-12(14)16/h4,6,8-10,13,17H,3,5,7H2,1-2H3,(H,18,19). The highest BCUT2D eigenvalue weighted by Crippen LogP contribution is 2.31. The highest BCUT2D eigenvalue weighted by atomic mass is 19.1. The van der Waals surface area contributed by atoms with E-state index in [1.807, 2.05) is 0 Å². The molecule has 1 fully saturated rings. The average molecular weight is 265 g/mol. The fourth-order valence-corrected chi connectivity index (χ4v) is 2.84. The van der Waals surface area contributed by atoms with Gasteiger partial charge < -0.3 is 10.4 Å². The first-order valence-electron chi connectivity index (χ1n) is 6.76. The number of anilines is 1. The van der Waals surface area contributed by atoms with Gasteiger partial charge in [0.25, 0.3) is 0 Å². The van der Waals surface area contributed by atoms with Crippen molar-refractivity contribution in [2.75, 3.05) is 5.32 Å². The zero-order valence-electron chi connectivity index (χ0n) is 11.3. The Bertz CT molecular complexity index is 475. The Labute approximate surface area is 112 Å². The Morgan fingerprint density at radius 2 is 2.11 bits per heavy atom. The van der Waals surface area contributed by atoms with Crippen LogP contribution >= 0.6 is 0 Å². The summed E-state index contributed by atoms with van der Waals surface area (Å²) in [7, 11) is 0. The van der Waals surface area contributed by atoms with Gasteiger partial charge in [0.05, 0.1) is 11.3 Å². The van der Waals surface area contributed by atoms with E-state index in [2.05, 4.69) is 19.2 Å². The molecule has 0 bridgehead atoms. The molecule has 3 atom stereocenters. The molecule has 0 radical (unpaired) electrons. The van der Waals surface area contributed by atoms with Crippen LogP contribution in [0.4, 0.5) is 10.1 Å². The molecule has 1 aliphatic rings. The molecule has 0 aliphatic heterocycles. The van der Waals surface area contributed by atoms with Crippen LogP contribution in [0.3, 0.4) is 0 Å². The van der Waals surface area contributed by atoms with Crippen molar-refractivity contribution in [3.8, 4) is 0 Å². The number of hydrogen-bond acceptors (Lipinski definition) is 2. The van der Waals surface area contributed by atoms with Crippen LogP contribution in [0.15, 0.2) is 18.2 Å². The van der Waals surface area contributed by atoms with Crippen molar-refractivity contribution in [3.05, 3.63) is 29.6 Å². The monoisotopic (exact) mass is 265 g/mol. The maximum atomic E-state index is 13.8. The Kier molecular flexibility index (Phi) is 4.08. The predicted octanol–water partition coefficient (Wildman–Crippen LogP) is 3.76. The maximum absolute atomic E-state index is 13.8. The number of hydrogen-bond donors (Lipinski definition) is 2. The van der Waals surface area contributed by atoms with E-state index in [1.165, 1.54) is 12.1 Å². The van der Waals surface area contributed by atoms with Crippen LogP contribution in [-0.2, 0) is 0 Å². The van der Waals surface area contributed by atoms with E-state index in [-0.39, 0.29) is 11.6 Å². The third-order valence-corrected chi connectivity index (χ3v) is 3.99. The molecule has 19 heavy (non-hydrogen) atoms. The Hall–Kier alpha value is -1.58. The first-order chi connectivity index (χ1) is 8.97. The average Bonchev–Trinajstić information content (AvgIpc) is 2.34. The van der Waals surface area contributed by atoms with E-state index in [0.717, 1.165) is 31.2 Å². The van der Waals surface area contributed by atoms with Crippen molar-refractivity contribution in [1.82, 2.24) is 0 Å². The number of benzene rings is 1. The summed E-state index contributed by atoms with van der Waals surface area (Å²) in [6, 6.07) is 4.29. The summed E-state index contributed by atoms with van der Waals surface area (Å²) in [6.45, 7) is 4.42. The van der Waals surface area contributed by atoms with Gasteiger partial charge in [0, 0.05) is 6.04 Å².